The molecule has 1 aromatic rings. The van der Waals surface area contributed by atoms with Crippen molar-refractivity contribution < 1.29 is 4.79 Å². The third-order valence-corrected chi connectivity index (χ3v) is 2.75. The van der Waals surface area contributed by atoms with Crippen molar-refractivity contribution >= 4 is 5.91 Å². The number of rotatable bonds is 5. The normalized spacial score (nSPS) is 15.8. The number of amides is 1. The molecule has 6 heteroatoms. The van der Waals surface area contributed by atoms with Crippen LogP contribution in [0.5, 0.6) is 0 Å². The Morgan fingerprint density at radius 3 is 2.94 bits per heavy atom. The summed E-state index contributed by atoms with van der Waals surface area (Å²) < 4.78 is 1.57. The van der Waals surface area contributed by atoms with Gasteiger partial charge in [-0.3, -0.25) is 4.79 Å². The molecule has 2 rings (SSSR count). The highest BCUT2D eigenvalue weighted by molar-refractivity contribution is 5.76. The fraction of sp³-hybridized carbons (Fsp3) is 0.700. The van der Waals surface area contributed by atoms with Gasteiger partial charge in [0.05, 0.1) is 6.04 Å². The van der Waals surface area contributed by atoms with Gasteiger partial charge < -0.3 is 10.2 Å². The molecule has 1 N–H and O–H groups in total. The number of nitrogens with one attached hydrogen (secondary N) is 1. The lowest BCUT2D eigenvalue weighted by Crippen LogP contribution is -2.59. The number of carbonyl (C=O) groups is 1. The molecule has 0 saturated carbocycles. The summed E-state index contributed by atoms with van der Waals surface area (Å²) in [5, 5.41) is 7.13. The molecule has 0 spiro atoms. The molecule has 0 radical (unpaired) electrons. The topological polar surface area (TPSA) is 63.1 Å². The van der Waals surface area contributed by atoms with Crippen LogP contribution < -0.4 is 5.32 Å². The fourth-order valence-electron chi connectivity index (χ4n) is 1.79. The van der Waals surface area contributed by atoms with Gasteiger partial charge in [-0.15, -0.1) is 0 Å². The maximum Gasteiger partial charge on any atom is 0.244 e. The van der Waals surface area contributed by atoms with E-state index in [9.17, 15) is 4.79 Å². The SMILES string of the molecule is CCCN(C(=O)Cn1cncn1)C1CNC1. The Labute approximate surface area is 94.6 Å². The van der Waals surface area contributed by atoms with E-state index in [0.29, 0.717) is 6.04 Å². The van der Waals surface area contributed by atoms with E-state index in [1.54, 1.807) is 11.0 Å². The van der Waals surface area contributed by atoms with Gasteiger partial charge in [-0.05, 0) is 6.42 Å². The molecule has 0 atom stereocenters. The van der Waals surface area contributed by atoms with Gasteiger partial charge in [0, 0.05) is 19.6 Å². The van der Waals surface area contributed by atoms with Crippen LogP contribution in [0.4, 0.5) is 0 Å². The van der Waals surface area contributed by atoms with Gasteiger partial charge in [0.15, 0.2) is 0 Å². The van der Waals surface area contributed by atoms with Gasteiger partial charge in [0.25, 0.3) is 0 Å². The highest BCUT2D eigenvalue weighted by atomic mass is 16.2. The van der Waals surface area contributed by atoms with Crippen LogP contribution in [0.3, 0.4) is 0 Å². The lowest BCUT2D eigenvalue weighted by atomic mass is 10.1. The van der Waals surface area contributed by atoms with Gasteiger partial charge in [0.2, 0.25) is 5.91 Å². The zero-order valence-electron chi connectivity index (χ0n) is 9.46. The maximum atomic E-state index is 12.0. The van der Waals surface area contributed by atoms with Crippen LogP contribution in [0.2, 0.25) is 0 Å². The molecule has 88 valence electrons. The van der Waals surface area contributed by atoms with E-state index in [1.807, 2.05) is 4.90 Å². The van der Waals surface area contributed by atoms with Crippen molar-refractivity contribution in [3.63, 3.8) is 0 Å². The minimum Gasteiger partial charge on any atom is -0.336 e. The third kappa shape index (κ3) is 2.38. The second-order valence-electron chi connectivity index (χ2n) is 3.99. The van der Waals surface area contributed by atoms with E-state index in [2.05, 4.69) is 22.3 Å². The zero-order chi connectivity index (χ0) is 11.4. The lowest BCUT2D eigenvalue weighted by Gasteiger charge is -2.38. The molecule has 1 fully saturated rings. The summed E-state index contributed by atoms with van der Waals surface area (Å²) in [6.45, 7) is 5.00. The highest BCUT2D eigenvalue weighted by Gasteiger charge is 2.27. The Kier molecular flexibility index (Phi) is 3.51. The second-order valence-corrected chi connectivity index (χ2v) is 3.99. The van der Waals surface area contributed by atoms with Crippen molar-refractivity contribution in [3.05, 3.63) is 12.7 Å². The predicted octanol–water partition coefficient (Wildman–Crippen LogP) is -0.511. The summed E-state index contributed by atoms with van der Waals surface area (Å²) >= 11 is 0. The van der Waals surface area contributed by atoms with Gasteiger partial charge in [-0.2, -0.15) is 5.10 Å². The summed E-state index contributed by atoms with van der Waals surface area (Å²) in [4.78, 5) is 17.8. The monoisotopic (exact) mass is 223 g/mol. The Hall–Kier alpha value is -1.43. The number of carbonyl (C=O) groups excluding carboxylic acids is 1. The molecule has 16 heavy (non-hydrogen) atoms. The van der Waals surface area contributed by atoms with Crippen LogP contribution >= 0.6 is 0 Å². The van der Waals surface area contributed by atoms with Crippen molar-refractivity contribution in [2.75, 3.05) is 19.6 Å². The number of nitrogens with zero attached hydrogens (tertiary/aromatic N) is 4. The molecule has 0 unspecified atom stereocenters. The van der Waals surface area contributed by atoms with Crippen LogP contribution in [0, 0.1) is 0 Å². The maximum absolute atomic E-state index is 12.0. The Balaban J connectivity index is 1.93. The molecule has 6 nitrogen and oxygen atoms in total. The van der Waals surface area contributed by atoms with Crippen LogP contribution in [-0.2, 0) is 11.3 Å². The number of hydrogen-bond donors (Lipinski definition) is 1. The highest BCUT2D eigenvalue weighted by Crippen LogP contribution is 2.07. The van der Waals surface area contributed by atoms with Crippen LogP contribution in [0.15, 0.2) is 12.7 Å². The van der Waals surface area contributed by atoms with Crippen LogP contribution in [-0.4, -0.2) is 51.2 Å². The Morgan fingerprint density at radius 1 is 1.62 bits per heavy atom. The van der Waals surface area contributed by atoms with Gasteiger partial charge in [-0.1, -0.05) is 6.92 Å². The van der Waals surface area contributed by atoms with E-state index in [-0.39, 0.29) is 12.5 Å². The average molecular weight is 223 g/mol. The van der Waals surface area contributed by atoms with Crippen molar-refractivity contribution in [1.82, 2.24) is 25.0 Å². The number of hydrogen-bond acceptors (Lipinski definition) is 4. The molecule has 2 heterocycles. The molecule has 1 aliphatic heterocycles. The standard InChI is InChI=1S/C10H17N5O/c1-2-3-15(9-4-11-5-9)10(16)6-14-8-12-7-13-14/h7-9,11H,2-6H2,1H3. The predicted molar refractivity (Wildman–Crippen MR) is 58.7 cm³/mol. The smallest absolute Gasteiger partial charge is 0.244 e. The fourth-order valence-corrected chi connectivity index (χ4v) is 1.79. The first kappa shape index (κ1) is 11.1. The quantitative estimate of drug-likeness (QED) is 0.730. The molecule has 1 aliphatic rings. The Bertz CT molecular complexity index is 333. The van der Waals surface area contributed by atoms with Crippen LogP contribution in [0.1, 0.15) is 13.3 Å². The average Bonchev–Trinajstić information content (AvgIpc) is 2.67. The van der Waals surface area contributed by atoms with E-state index >= 15 is 0 Å². The zero-order valence-corrected chi connectivity index (χ0v) is 9.46. The minimum absolute atomic E-state index is 0.124. The summed E-state index contributed by atoms with van der Waals surface area (Å²) in [6.07, 6.45) is 4.00. The van der Waals surface area contributed by atoms with Crippen molar-refractivity contribution in [1.29, 1.82) is 0 Å². The molecular weight excluding hydrogens is 206 g/mol. The van der Waals surface area contributed by atoms with E-state index in [1.165, 1.54) is 6.33 Å². The first-order valence-electron chi connectivity index (χ1n) is 5.64. The van der Waals surface area contributed by atoms with Crippen molar-refractivity contribution in [3.8, 4) is 0 Å². The molecular formula is C10H17N5O. The summed E-state index contributed by atoms with van der Waals surface area (Å²) in [5.74, 6) is 0.124. The van der Waals surface area contributed by atoms with Crippen molar-refractivity contribution in [2.45, 2.75) is 25.9 Å². The van der Waals surface area contributed by atoms with E-state index in [4.69, 9.17) is 0 Å². The third-order valence-electron chi connectivity index (χ3n) is 2.75. The van der Waals surface area contributed by atoms with Crippen LogP contribution in [0.25, 0.3) is 0 Å². The first-order valence-corrected chi connectivity index (χ1v) is 5.64. The summed E-state index contributed by atoms with van der Waals surface area (Å²) in [5.41, 5.74) is 0. The minimum atomic E-state index is 0.124. The lowest BCUT2D eigenvalue weighted by molar-refractivity contribution is -0.135. The molecule has 0 bridgehead atoms. The van der Waals surface area contributed by atoms with Gasteiger partial charge >= 0.3 is 0 Å². The molecule has 1 aromatic heterocycles. The molecule has 1 amide bonds. The van der Waals surface area contributed by atoms with Gasteiger partial charge in [-0.25, -0.2) is 9.67 Å². The number of aromatic nitrogens is 3. The van der Waals surface area contributed by atoms with E-state index in [0.717, 1.165) is 26.1 Å². The Morgan fingerprint density at radius 2 is 2.44 bits per heavy atom. The van der Waals surface area contributed by atoms with Crippen molar-refractivity contribution in [2.24, 2.45) is 0 Å². The van der Waals surface area contributed by atoms with Gasteiger partial charge in [0.1, 0.15) is 19.2 Å². The molecule has 1 saturated heterocycles. The first-order chi connectivity index (χ1) is 7.81. The molecule has 0 aliphatic carbocycles. The largest absolute Gasteiger partial charge is 0.336 e. The molecule has 0 aromatic carbocycles. The summed E-state index contributed by atoms with van der Waals surface area (Å²) in [7, 11) is 0. The summed E-state index contributed by atoms with van der Waals surface area (Å²) in [6, 6.07) is 0.357. The second kappa shape index (κ2) is 5.07. The van der Waals surface area contributed by atoms with E-state index < -0.39 is 0 Å².